The zero-order valence-corrected chi connectivity index (χ0v) is 10.4. The average molecular weight is 213 g/mol. The summed E-state index contributed by atoms with van der Waals surface area (Å²) in [5.41, 5.74) is 6.01. The smallest absolute Gasteiger partial charge is 0.0167 e. The molecule has 1 unspecified atom stereocenters. The van der Waals surface area contributed by atoms with Crippen LogP contribution in [0.15, 0.2) is 0 Å². The van der Waals surface area contributed by atoms with Gasteiger partial charge in [0.2, 0.25) is 0 Å². The van der Waals surface area contributed by atoms with Crippen molar-refractivity contribution >= 4 is 0 Å². The van der Waals surface area contributed by atoms with E-state index in [4.69, 9.17) is 5.73 Å². The Morgan fingerprint density at radius 3 is 2.60 bits per heavy atom. The topological polar surface area (TPSA) is 32.5 Å². The highest BCUT2D eigenvalue weighted by Gasteiger charge is 2.12. The molecular weight excluding hydrogens is 186 g/mol. The minimum absolute atomic E-state index is 0.360. The van der Waals surface area contributed by atoms with Gasteiger partial charge in [0, 0.05) is 25.7 Å². The first-order valence-electron chi connectivity index (χ1n) is 6.39. The second kappa shape index (κ2) is 7.20. The highest BCUT2D eigenvalue weighted by atomic mass is 15.2. The highest BCUT2D eigenvalue weighted by Crippen LogP contribution is 2.06. The Morgan fingerprint density at radius 1 is 1.33 bits per heavy atom. The third kappa shape index (κ3) is 5.50. The van der Waals surface area contributed by atoms with Crippen LogP contribution in [-0.2, 0) is 0 Å². The molecule has 1 aliphatic rings. The van der Waals surface area contributed by atoms with Crippen LogP contribution in [0.1, 0.15) is 32.6 Å². The summed E-state index contributed by atoms with van der Waals surface area (Å²) >= 11 is 0. The molecule has 1 fully saturated rings. The molecule has 0 aromatic rings. The van der Waals surface area contributed by atoms with Gasteiger partial charge in [0.05, 0.1) is 0 Å². The summed E-state index contributed by atoms with van der Waals surface area (Å²) in [6, 6.07) is 0.360. The molecule has 1 saturated heterocycles. The summed E-state index contributed by atoms with van der Waals surface area (Å²) in [5.74, 6) is 0. The Kier molecular flexibility index (Phi) is 6.22. The van der Waals surface area contributed by atoms with Crippen LogP contribution in [0.5, 0.6) is 0 Å². The molecule has 0 saturated carbocycles. The van der Waals surface area contributed by atoms with Gasteiger partial charge in [-0.2, -0.15) is 0 Å². The fraction of sp³-hybridized carbons (Fsp3) is 1.00. The first kappa shape index (κ1) is 12.9. The number of likely N-dealkylation sites (N-methyl/N-ethyl adjacent to an activating group) is 1. The van der Waals surface area contributed by atoms with Crippen LogP contribution < -0.4 is 5.73 Å². The molecule has 2 N–H and O–H groups in total. The maximum Gasteiger partial charge on any atom is 0.0167 e. The molecular formula is C12H27N3. The van der Waals surface area contributed by atoms with E-state index in [9.17, 15) is 0 Å². The van der Waals surface area contributed by atoms with E-state index in [1.54, 1.807) is 0 Å². The zero-order valence-electron chi connectivity index (χ0n) is 10.4. The predicted molar refractivity (Wildman–Crippen MR) is 66.1 cm³/mol. The number of rotatable bonds is 7. The van der Waals surface area contributed by atoms with Crippen molar-refractivity contribution in [1.29, 1.82) is 0 Å². The summed E-state index contributed by atoms with van der Waals surface area (Å²) in [5, 5.41) is 0. The predicted octanol–water partition coefficient (Wildman–Crippen LogP) is 1.14. The van der Waals surface area contributed by atoms with Crippen molar-refractivity contribution in [3.8, 4) is 0 Å². The fourth-order valence-electron chi connectivity index (χ4n) is 2.27. The van der Waals surface area contributed by atoms with Crippen LogP contribution in [0.3, 0.4) is 0 Å². The Balaban J connectivity index is 2.04. The molecule has 15 heavy (non-hydrogen) atoms. The number of hydrogen-bond donors (Lipinski definition) is 1. The first-order chi connectivity index (χ1) is 7.22. The zero-order chi connectivity index (χ0) is 11.1. The molecule has 3 nitrogen and oxygen atoms in total. The highest BCUT2D eigenvalue weighted by molar-refractivity contribution is 4.70. The van der Waals surface area contributed by atoms with Crippen molar-refractivity contribution in [2.75, 3.05) is 39.8 Å². The van der Waals surface area contributed by atoms with Gasteiger partial charge in [0.1, 0.15) is 0 Å². The molecule has 1 rings (SSSR count). The van der Waals surface area contributed by atoms with Crippen molar-refractivity contribution in [3.05, 3.63) is 0 Å². The van der Waals surface area contributed by atoms with Crippen LogP contribution in [-0.4, -0.2) is 55.6 Å². The summed E-state index contributed by atoms with van der Waals surface area (Å²) in [7, 11) is 2.19. The Labute approximate surface area is 94.6 Å². The normalized spacial score (nSPS) is 20.0. The van der Waals surface area contributed by atoms with E-state index in [-0.39, 0.29) is 0 Å². The molecule has 1 heterocycles. The van der Waals surface area contributed by atoms with Crippen molar-refractivity contribution in [2.45, 2.75) is 38.6 Å². The first-order valence-corrected chi connectivity index (χ1v) is 6.39. The minimum atomic E-state index is 0.360. The van der Waals surface area contributed by atoms with Crippen LogP contribution in [0.4, 0.5) is 0 Å². The van der Waals surface area contributed by atoms with Gasteiger partial charge >= 0.3 is 0 Å². The SMILES string of the molecule is CCCC(N)CN(C)CCN1CCCC1. The van der Waals surface area contributed by atoms with E-state index in [0.717, 1.165) is 19.5 Å². The van der Waals surface area contributed by atoms with E-state index >= 15 is 0 Å². The number of nitrogens with zero attached hydrogens (tertiary/aromatic N) is 2. The maximum atomic E-state index is 6.01. The second-order valence-electron chi connectivity index (χ2n) is 4.86. The molecule has 0 aromatic heterocycles. The quantitative estimate of drug-likeness (QED) is 0.688. The lowest BCUT2D eigenvalue weighted by Gasteiger charge is -2.23. The summed E-state index contributed by atoms with van der Waals surface area (Å²) in [6.07, 6.45) is 5.12. The monoisotopic (exact) mass is 213 g/mol. The summed E-state index contributed by atoms with van der Waals surface area (Å²) in [6.45, 7) is 8.22. The molecule has 0 radical (unpaired) electrons. The van der Waals surface area contributed by atoms with Crippen molar-refractivity contribution in [3.63, 3.8) is 0 Å². The molecule has 90 valence electrons. The lowest BCUT2D eigenvalue weighted by molar-refractivity contribution is 0.245. The van der Waals surface area contributed by atoms with Gasteiger partial charge in [-0.25, -0.2) is 0 Å². The van der Waals surface area contributed by atoms with Gasteiger partial charge in [-0.15, -0.1) is 0 Å². The molecule has 3 heteroatoms. The molecule has 0 aliphatic carbocycles. The van der Waals surface area contributed by atoms with E-state index in [2.05, 4.69) is 23.8 Å². The average Bonchev–Trinajstić information content (AvgIpc) is 2.67. The Hall–Kier alpha value is -0.120. The third-order valence-corrected chi connectivity index (χ3v) is 3.20. The van der Waals surface area contributed by atoms with Gasteiger partial charge in [0.15, 0.2) is 0 Å². The number of likely N-dealkylation sites (tertiary alicyclic amines) is 1. The molecule has 0 bridgehead atoms. The lowest BCUT2D eigenvalue weighted by atomic mass is 10.2. The van der Waals surface area contributed by atoms with Crippen LogP contribution in [0, 0.1) is 0 Å². The molecule has 0 amide bonds. The maximum absolute atomic E-state index is 6.01. The number of nitrogens with two attached hydrogens (primary N) is 1. The van der Waals surface area contributed by atoms with Gasteiger partial charge in [-0.1, -0.05) is 13.3 Å². The van der Waals surface area contributed by atoms with Gasteiger partial charge < -0.3 is 15.5 Å². The van der Waals surface area contributed by atoms with Crippen molar-refractivity contribution in [2.24, 2.45) is 5.73 Å². The largest absolute Gasteiger partial charge is 0.327 e. The second-order valence-corrected chi connectivity index (χ2v) is 4.86. The molecule has 0 aromatic carbocycles. The fourth-order valence-corrected chi connectivity index (χ4v) is 2.27. The Morgan fingerprint density at radius 2 is 2.00 bits per heavy atom. The van der Waals surface area contributed by atoms with Gasteiger partial charge in [0.25, 0.3) is 0 Å². The minimum Gasteiger partial charge on any atom is -0.327 e. The van der Waals surface area contributed by atoms with Gasteiger partial charge in [-0.3, -0.25) is 0 Å². The lowest BCUT2D eigenvalue weighted by Crippen LogP contribution is -2.39. The van der Waals surface area contributed by atoms with Crippen LogP contribution in [0.2, 0.25) is 0 Å². The van der Waals surface area contributed by atoms with E-state index in [1.807, 2.05) is 0 Å². The Bertz CT molecular complexity index is 155. The van der Waals surface area contributed by atoms with E-state index in [1.165, 1.54) is 38.9 Å². The van der Waals surface area contributed by atoms with Crippen molar-refractivity contribution < 1.29 is 0 Å². The summed E-state index contributed by atoms with van der Waals surface area (Å²) in [4.78, 5) is 4.93. The molecule has 0 spiro atoms. The van der Waals surface area contributed by atoms with Crippen molar-refractivity contribution in [1.82, 2.24) is 9.80 Å². The number of hydrogen-bond acceptors (Lipinski definition) is 3. The van der Waals surface area contributed by atoms with E-state index in [0.29, 0.717) is 6.04 Å². The van der Waals surface area contributed by atoms with Crippen LogP contribution in [0.25, 0.3) is 0 Å². The third-order valence-electron chi connectivity index (χ3n) is 3.20. The van der Waals surface area contributed by atoms with E-state index < -0.39 is 0 Å². The molecule has 1 atom stereocenters. The van der Waals surface area contributed by atoms with Crippen LogP contribution >= 0.6 is 0 Å². The molecule has 1 aliphatic heterocycles. The summed E-state index contributed by atoms with van der Waals surface area (Å²) < 4.78 is 0. The standard InChI is InChI=1S/C12H27N3/c1-3-6-12(13)11-14(2)9-10-15-7-4-5-8-15/h12H,3-11,13H2,1-2H3. The van der Waals surface area contributed by atoms with Gasteiger partial charge in [-0.05, 0) is 39.4 Å².